The molecule has 0 fully saturated rings. The van der Waals surface area contributed by atoms with E-state index >= 15 is 0 Å². The van der Waals surface area contributed by atoms with E-state index in [1.165, 1.54) is 17.4 Å². The molecule has 0 saturated heterocycles. The molecule has 0 unspecified atom stereocenters. The Kier molecular flexibility index (Phi) is 5.23. The lowest BCUT2D eigenvalue weighted by molar-refractivity contribution is 0.0996. The van der Waals surface area contributed by atoms with Crippen molar-refractivity contribution in [3.8, 4) is 22.1 Å². The van der Waals surface area contributed by atoms with Crippen LogP contribution in [0.15, 0.2) is 75.3 Å². The Morgan fingerprint density at radius 1 is 1.12 bits per heavy atom. The van der Waals surface area contributed by atoms with E-state index in [-0.39, 0.29) is 11.2 Å². The van der Waals surface area contributed by atoms with Crippen LogP contribution in [0.25, 0.3) is 27.4 Å². The van der Waals surface area contributed by atoms with Crippen molar-refractivity contribution in [2.24, 2.45) is 0 Å². The summed E-state index contributed by atoms with van der Waals surface area (Å²) < 4.78 is 12.4. The molecule has 0 radical (unpaired) electrons. The molecular formula is C24H18N4O4S. The Labute approximate surface area is 192 Å². The number of benzene rings is 2. The van der Waals surface area contributed by atoms with Crippen molar-refractivity contribution >= 4 is 34.0 Å². The third-order valence-electron chi connectivity index (χ3n) is 4.99. The summed E-state index contributed by atoms with van der Waals surface area (Å²) in [6, 6.07) is 17.3. The fourth-order valence-corrected chi connectivity index (χ4v) is 4.18. The molecule has 5 aromatic rings. The SMILES string of the molecule is COc1ccc(-c2csc(-n3nc(C)cc3NC(=O)c3cc(=O)c4ccccc4o3)n2)cc1. The van der Waals surface area contributed by atoms with Gasteiger partial charge in [-0.15, -0.1) is 11.3 Å². The number of ether oxygens (including phenoxy) is 1. The summed E-state index contributed by atoms with van der Waals surface area (Å²) in [6.07, 6.45) is 0. The molecule has 1 amide bonds. The molecule has 5 rings (SSSR count). The second-order valence-electron chi connectivity index (χ2n) is 7.25. The molecule has 2 aromatic carbocycles. The van der Waals surface area contributed by atoms with Crippen molar-refractivity contribution in [2.45, 2.75) is 6.92 Å². The van der Waals surface area contributed by atoms with Gasteiger partial charge >= 0.3 is 0 Å². The van der Waals surface area contributed by atoms with Crippen LogP contribution in [-0.4, -0.2) is 27.8 Å². The molecule has 8 nitrogen and oxygen atoms in total. The van der Waals surface area contributed by atoms with Gasteiger partial charge in [0.1, 0.15) is 17.2 Å². The third-order valence-corrected chi connectivity index (χ3v) is 5.81. The largest absolute Gasteiger partial charge is 0.497 e. The molecule has 0 aliphatic rings. The summed E-state index contributed by atoms with van der Waals surface area (Å²) in [5, 5.41) is 10.2. The van der Waals surface area contributed by atoms with Crippen LogP contribution in [0.1, 0.15) is 16.2 Å². The van der Waals surface area contributed by atoms with Gasteiger partial charge in [0.15, 0.2) is 11.2 Å². The van der Waals surface area contributed by atoms with Gasteiger partial charge in [-0.2, -0.15) is 9.78 Å². The fraction of sp³-hybridized carbons (Fsp3) is 0.0833. The van der Waals surface area contributed by atoms with E-state index in [0.29, 0.717) is 27.6 Å². The number of hydrogen-bond donors (Lipinski definition) is 1. The molecule has 3 aromatic heterocycles. The van der Waals surface area contributed by atoms with Gasteiger partial charge in [-0.3, -0.25) is 9.59 Å². The number of para-hydroxylation sites is 1. The molecule has 0 atom stereocenters. The van der Waals surface area contributed by atoms with Crippen molar-refractivity contribution in [3.63, 3.8) is 0 Å². The van der Waals surface area contributed by atoms with E-state index in [9.17, 15) is 9.59 Å². The smallest absolute Gasteiger partial charge is 0.292 e. The Morgan fingerprint density at radius 2 is 1.91 bits per heavy atom. The first-order valence-electron chi connectivity index (χ1n) is 10.0. The molecule has 0 spiro atoms. The van der Waals surface area contributed by atoms with Gasteiger partial charge in [0.25, 0.3) is 5.91 Å². The summed E-state index contributed by atoms with van der Waals surface area (Å²) >= 11 is 1.40. The van der Waals surface area contributed by atoms with E-state index in [1.54, 1.807) is 42.1 Å². The second kappa shape index (κ2) is 8.36. The Balaban J connectivity index is 1.44. The molecular weight excluding hydrogens is 440 g/mol. The van der Waals surface area contributed by atoms with Gasteiger partial charge in [-0.25, -0.2) is 4.98 Å². The summed E-state index contributed by atoms with van der Waals surface area (Å²) in [7, 11) is 1.62. The molecule has 164 valence electrons. The molecule has 9 heteroatoms. The number of aryl methyl sites for hydroxylation is 1. The van der Waals surface area contributed by atoms with E-state index in [4.69, 9.17) is 9.15 Å². The predicted octanol–water partition coefficient (Wildman–Crippen LogP) is 4.67. The van der Waals surface area contributed by atoms with Crippen LogP contribution in [0.2, 0.25) is 0 Å². The number of rotatable bonds is 5. The zero-order chi connectivity index (χ0) is 22.9. The number of amides is 1. The molecule has 33 heavy (non-hydrogen) atoms. The van der Waals surface area contributed by atoms with Crippen LogP contribution in [0.4, 0.5) is 5.82 Å². The lowest BCUT2D eigenvalue weighted by atomic mass is 10.2. The van der Waals surface area contributed by atoms with Crippen LogP contribution in [0.3, 0.4) is 0 Å². The number of carbonyl (C=O) groups excluding carboxylic acids is 1. The maximum atomic E-state index is 12.9. The average Bonchev–Trinajstić information content (AvgIpc) is 3.45. The first-order valence-corrected chi connectivity index (χ1v) is 10.9. The molecule has 0 aliphatic heterocycles. The van der Waals surface area contributed by atoms with Crippen molar-refractivity contribution in [1.29, 1.82) is 0 Å². The quantitative estimate of drug-likeness (QED) is 0.411. The highest BCUT2D eigenvalue weighted by Gasteiger charge is 2.18. The summed E-state index contributed by atoms with van der Waals surface area (Å²) in [5.74, 6) is 0.555. The van der Waals surface area contributed by atoms with Gasteiger partial charge in [-0.05, 0) is 43.3 Å². The van der Waals surface area contributed by atoms with Gasteiger partial charge < -0.3 is 14.5 Å². The first kappa shape index (κ1) is 20.7. The van der Waals surface area contributed by atoms with Crippen LogP contribution in [-0.2, 0) is 0 Å². The van der Waals surface area contributed by atoms with Crippen molar-refractivity contribution in [2.75, 3.05) is 12.4 Å². The molecule has 3 heterocycles. The van der Waals surface area contributed by atoms with Gasteiger partial charge in [-0.1, -0.05) is 12.1 Å². The minimum absolute atomic E-state index is 0.0813. The lowest BCUT2D eigenvalue weighted by Gasteiger charge is -2.07. The first-order chi connectivity index (χ1) is 16.0. The van der Waals surface area contributed by atoms with E-state index in [1.807, 2.05) is 36.6 Å². The monoisotopic (exact) mass is 458 g/mol. The number of methoxy groups -OCH3 is 1. The summed E-state index contributed by atoms with van der Waals surface area (Å²) in [5.41, 5.74) is 2.49. The summed E-state index contributed by atoms with van der Waals surface area (Å²) in [6.45, 7) is 1.82. The number of hydrogen-bond acceptors (Lipinski definition) is 7. The highest BCUT2D eigenvalue weighted by Crippen LogP contribution is 2.28. The topological polar surface area (TPSA) is 99.2 Å². The second-order valence-corrected chi connectivity index (χ2v) is 8.09. The van der Waals surface area contributed by atoms with Crippen molar-refractivity contribution in [1.82, 2.24) is 14.8 Å². The zero-order valence-electron chi connectivity index (χ0n) is 17.7. The number of nitrogens with zero attached hydrogens (tertiary/aromatic N) is 3. The Bertz CT molecular complexity index is 1530. The van der Waals surface area contributed by atoms with Gasteiger partial charge in [0.2, 0.25) is 5.13 Å². The maximum absolute atomic E-state index is 12.9. The zero-order valence-corrected chi connectivity index (χ0v) is 18.6. The van der Waals surface area contributed by atoms with Crippen LogP contribution in [0, 0.1) is 6.92 Å². The maximum Gasteiger partial charge on any atom is 0.292 e. The van der Waals surface area contributed by atoms with Gasteiger partial charge in [0, 0.05) is 23.1 Å². The minimum atomic E-state index is -0.550. The van der Waals surface area contributed by atoms with Crippen LogP contribution in [0.5, 0.6) is 5.75 Å². The van der Waals surface area contributed by atoms with Crippen molar-refractivity contribution in [3.05, 3.63) is 87.7 Å². The molecule has 0 aliphatic carbocycles. The number of carbonyl (C=O) groups is 1. The number of fused-ring (bicyclic) bond motifs is 1. The highest BCUT2D eigenvalue weighted by molar-refractivity contribution is 7.12. The van der Waals surface area contributed by atoms with Crippen molar-refractivity contribution < 1.29 is 13.9 Å². The standard InChI is InChI=1S/C24H18N4O4S/c1-14-11-22(26-23(30)21-12-19(29)17-5-3-4-6-20(17)32-21)28(27-14)24-25-18(13-33-24)15-7-9-16(31-2)10-8-15/h3-13H,1-2H3,(H,26,30). The Hall–Kier alpha value is -4.24. The van der Waals surface area contributed by atoms with E-state index < -0.39 is 5.91 Å². The van der Waals surface area contributed by atoms with Gasteiger partial charge in [0.05, 0.1) is 23.9 Å². The van der Waals surface area contributed by atoms with E-state index in [2.05, 4.69) is 15.4 Å². The van der Waals surface area contributed by atoms with E-state index in [0.717, 1.165) is 17.0 Å². The summed E-state index contributed by atoms with van der Waals surface area (Å²) in [4.78, 5) is 29.9. The van der Waals surface area contributed by atoms with Crippen LogP contribution < -0.4 is 15.5 Å². The third kappa shape index (κ3) is 4.01. The minimum Gasteiger partial charge on any atom is -0.497 e. The number of aromatic nitrogens is 3. The lowest BCUT2D eigenvalue weighted by Crippen LogP contribution is -2.17. The van der Waals surface area contributed by atoms with Crippen LogP contribution >= 0.6 is 11.3 Å². The highest BCUT2D eigenvalue weighted by atomic mass is 32.1. The molecule has 0 saturated carbocycles. The number of thiazole rings is 1. The fourth-order valence-electron chi connectivity index (χ4n) is 3.38. The number of nitrogens with one attached hydrogen (secondary N) is 1. The molecule has 1 N–H and O–H groups in total. The number of anilines is 1. The predicted molar refractivity (Wildman–Crippen MR) is 126 cm³/mol. The normalized spacial score (nSPS) is 11.0. The Morgan fingerprint density at radius 3 is 2.70 bits per heavy atom. The average molecular weight is 458 g/mol. The molecule has 0 bridgehead atoms.